The third-order valence-electron chi connectivity index (χ3n) is 3.40. The first kappa shape index (κ1) is 17.8. The zero-order valence-corrected chi connectivity index (χ0v) is 12.5. The van der Waals surface area contributed by atoms with Crippen LogP contribution in [0.15, 0.2) is 42.5 Å². The van der Waals surface area contributed by atoms with Gasteiger partial charge in [0.2, 0.25) is 0 Å². The van der Waals surface area contributed by atoms with E-state index in [9.17, 15) is 22.4 Å². The zero-order chi connectivity index (χ0) is 17.7. The third-order valence-corrected chi connectivity index (χ3v) is 3.40. The molecule has 0 aliphatic carbocycles. The van der Waals surface area contributed by atoms with Crippen molar-refractivity contribution in [1.29, 1.82) is 0 Å². The van der Waals surface area contributed by atoms with E-state index < -0.39 is 23.5 Å². The largest absolute Gasteiger partial charge is 0.508 e. The normalized spacial score (nSPS) is 11.3. The van der Waals surface area contributed by atoms with E-state index in [1.165, 1.54) is 0 Å². The summed E-state index contributed by atoms with van der Waals surface area (Å²) in [7, 11) is 0. The van der Waals surface area contributed by atoms with Gasteiger partial charge in [0, 0.05) is 12.1 Å². The second-order valence-corrected chi connectivity index (χ2v) is 5.22. The molecule has 3 nitrogen and oxygen atoms in total. The van der Waals surface area contributed by atoms with Gasteiger partial charge in [-0.2, -0.15) is 13.2 Å². The van der Waals surface area contributed by atoms with Crippen LogP contribution in [0.5, 0.6) is 5.75 Å². The lowest BCUT2D eigenvalue weighted by Crippen LogP contribution is -2.25. The first-order valence-corrected chi connectivity index (χ1v) is 7.20. The van der Waals surface area contributed by atoms with Crippen molar-refractivity contribution in [3.05, 3.63) is 65.0 Å². The molecule has 0 saturated heterocycles. The fourth-order valence-corrected chi connectivity index (χ4v) is 2.14. The van der Waals surface area contributed by atoms with E-state index in [4.69, 9.17) is 5.11 Å². The molecule has 2 aromatic carbocycles. The van der Waals surface area contributed by atoms with Gasteiger partial charge in [-0.3, -0.25) is 4.79 Å². The minimum absolute atomic E-state index is 0.156. The maximum absolute atomic E-state index is 13.2. The summed E-state index contributed by atoms with van der Waals surface area (Å²) < 4.78 is 51.1. The van der Waals surface area contributed by atoms with E-state index in [-0.39, 0.29) is 17.9 Å². The van der Waals surface area contributed by atoms with E-state index in [0.29, 0.717) is 25.0 Å². The highest BCUT2D eigenvalue weighted by Crippen LogP contribution is 2.31. The lowest BCUT2D eigenvalue weighted by atomic mass is 10.1. The number of halogens is 4. The lowest BCUT2D eigenvalue weighted by molar-refractivity contribution is -0.140. The predicted molar refractivity (Wildman–Crippen MR) is 80.2 cm³/mol. The predicted octanol–water partition coefficient (Wildman–Crippen LogP) is 3.91. The van der Waals surface area contributed by atoms with Crippen molar-refractivity contribution in [2.24, 2.45) is 0 Å². The van der Waals surface area contributed by atoms with E-state index in [1.807, 2.05) is 0 Å². The van der Waals surface area contributed by atoms with Crippen LogP contribution < -0.4 is 5.32 Å². The summed E-state index contributed by atoms with van der Waals surface area (Å²) >= 11 is 0. The highest BCUT2D eigenvalue weighted by Gasteiger charge is 2.34. The number of aryl methyl sites for hydroxylation is 1. The van der Waals surface area contributed by atoms with Crippen molar-refractivity contribution in [1.82, 2.24) is 5.32 Å². The average molecular weight is 341 g/mol. The summed E-state index contributed by atoms with van der Waals surface area (Å²) in [5, 5.41) is 11.7. The van der Waals surface area contributed by atoms with Crippen LogP contribution in [-0.4, -0.2) is 17.6 Å². The monoisotopic (exact) mass is 341 g/mol. The van der Waals surface area contributed by atoms with E-state index >= 15 is 0 Å². The zero-order valence-electron chi connectivity index (χ0n) is 12.5. The summed E-state index contributed by atoms with van der Waals surface area (Å²) in [5.41, 5.74) is -0.740. The molecule has 0 unspecified atom stereocenters. The summed E-state index contributed by atoms with van der Waals surface area (Å²) in [6, 6.07) is 8.73. The second-order valence-electron chi connectivity index (χ2n) is 5.22. The Morgan fingerprint density at radius 3 is 2.38 bits per heavy atom. The molecule has 2 aromatic rings. The van der Waals surface area contributed by atoms with Crippen LogP contribution >= 0.6 is 0 Å². The number of alkyl halides is 3. The first-order valence-electron chi connectivity index (χ1n) is 7.20. The van der Waals surface area contributed by atoms with Crippen molar-refractivity contribution in [2.45, 2.75) is 19.0 Å². The first-order chi connectivity index (χ1) is 11.3. The molecule has 0 radical (unpaired) electrons. The summed E-state index contributed by atoms with van der Waals surface area (Å²) in [6.45, 7) is 0.262. The number of amides is 1. The van der Waals surface area contributed by atoms with Gasteiger partial charge < -0.3 is 10.4 Å². The van der Waals surface area contributed by atoms with Crippen molar-refractivity contribution in [3.63, 3.8) is 0 Å². The Hall–Kier alpha value is -2.57. The van der Waals surface area contributed by atoms with Crippen LogP contribution in [0.2, 0.25) is 0 Å². The van der Waals surface area contributed by atoms with Crippen LogP contribution in [-0.2, 0) is 12.6 Å². The molecule has 7 heteroatoms. The molecule has 0 atom stereocenters. The van der Waals surface area contributed by atoms with Gasteiger partial charge in [0.15, 0.2) is 0 Å². The van der Waals surface area contributed by atoms with Crippen molar-refractivity contribution in [2.75, 3.05) is 6.54 Å². The number of phenolic OH excluding ortho intramolecular Hbond substituents is 1. The number of phenols is 1. The molecule has 0 heterocycles. The molecule has 24 heavy (non-hydrogen) atoms. The van der Waals surface area contributed by atoms with Gasteiger partial charge in [-0.05, 0) is 48.7 Å². The third kappa shape index (κ3) is 4.71. The standard InChI is InChI=1S/C17H15F4NO2/c18-15-8-5-12(10-14(15)17(19,20)21)16(24)22-9-1-2-11-3-6-13(23)7-4-11/h3-8,10,23H,1-2,9H2,(H,22,24). The number of benzene rings is 2. The van der Waals surface area contributed by atoms with Gasteiger partial charge in [-0.15, -0.1) is 0 Å². The SMILES string of the molecule is O=C(NCCCc1ccc(O)cc1)c1ccc(F)c(C(F)(F)F)c1. The Kier molecular flexibility index (Phi) is 5.43. The van der Waals surface area contributed by atoms with E-state index in [2.05, 4.69) is 5.32 Å². The molecule has 1 amide bonds. The van der Waals surface area contributed by atoms with Gasteiger partial charge in [0.05, 0.1) is 5.56 Å². The molecule has 128 valence electrons. The van der Waals surface area contributed by atoms with Gasteiger partial charge in [0.1, 0.15) is 11.6 Å². The van der Waals surface area contributed by atoms with Crippen LogP contribution in [0.4, 0.5) is 17.6 Å². The van der Waals surface area contributed by atoms with Gasteiger partial charge in [0.25, 0.3) is 5.91 Å². The van der Waals surface area contributed by atoms with Crippen LogP contribution in [0.25, 0.3) is 0 Å². The van der Waals surface area contributed by atoms with Gasteiger partial charge in [-0.1, -0.05) is 12.1 Å². The maximum atomic E-state index is 13.2. The number of hydrogen-bond acceptors (Lipinski definition) is 2. The van der Waals surface area contributed by atoms with Crippen LogP contribution in [0, 0.1) is 5.82 Å². The molecule has 2 N–H and O–H groups in total. The second kappa shape index (κ2) is 7.33. The van der Waals surface area contributed by atoms with Crippen molar-refractivity contribution < 1.29 is 27.5 Å². The fourth-order valence-electron chi connectivity index (χ4n) is 2.14. The van der Waals surface area contributed by atoms with Gasteiger partial charge >= 0.3 is 6.18 Å². The molecule has 0 aliphatic heterocycles. The Bertz CT molecular complexity index is 712. The highest BCUT2D eigenvalue weighted by atomic mass is 19.4. The molecular formula is C17H15F4NO2. The number of aromatic hydroxyl groups is 1. The molecule has 0 fully saturated rings. The summed E-state index contributed by atoms with van der Waals surface area (Å²) in [6.07, 6.45) is -3.64. The lowest BCUT2D eigenvalue weighted by Gasteiger charge is -2.10. The maximum Gasteiger partial charge on any atom is 0.419 e. The topological polar surface area (TPSA) is 49.3 Å². The Labute approximate surface area is 135 Å². The summed E-state index contributed by atoms with van der Waals surface area (Å²) in [4.78, 5) is 11.9. The molecular weight excluding hydrogens is 326 g/mol. The van der Waals surface area contributed by atoms with Gasteiger partial charge in [-0.25, -0.2) is 4.39 Å². The average Bonchev–Trinajstić information content (AvgIpc) is 2.52. The Morgan fingerprint density at radius 2 is 1.75 bits per heavy atom. The quantitative estimate of drug-likeness (QED) is 0.640. The number of nitrogens with one attached hydrogen (secondary N) is 1. The Balaban J connectivity index is 1.89. The number of carbonyl (C=O) groups excluding carboxylic acids is 1. The summed E-state index contributed by atoms with van der Waals surface area (Å²) in [5.74, 6) is -1.94. The molecule has 0 aromatic heterocycles. The fraction of sp³-hybridized carbons (Fsp3) is 0.235. The molecule has 0 saturated carbocycles. The molecule has 0 aliphatic rings. The van der Waals surface area contributed by atoms with E-state index in [1.54, 1.807) is 24.3 Å². The van der Waals surface area contributed by atoms with Crippen molar-refractivity contribution >= 4 is 5.91 Å². The molecule has 0 bridgehead atoms. The highest BCUT2D eigenvalue weighted by molar-refractivity contribution is 5.94. The smallest absolute Gasteiger partial charge is 0.419 e. The van der Waals surface area contributed by atoms with Crippen LogP contribution in [0.3, 0.4) is 0 Å². The van der Waals surface area contributed by atoms with Crippen molar-refractivity contribution in [3.8, 4) is 5.75 Å². The van der Waals surface area contributed by atoms with Crippen LogP contribution in [0.1, 0.15) is 27.9 Å². The minimum Gasteiger partial charge on any atom is -0.508 e. The van der Waals surface area contributed by atoms with E-state index in [0.717, 1.165) is 11.6 Å². The molecule has 2 rings (SSSR count). The number of carbonyl (C=O) groups is 1. The Morgan fingerprint density at radius 1 is 1.08 bits per heavy atom. The molecule has 0 spiro atoms. The number of rotatable bonds is 5. The minimum atomic E-state index is -4.85. The number of hydrogen-bond donors (Lipinski definition) is 2.